The zero-order valence-corrected chi connectivity index (χ0v) is 18.7. The predicted molar refractivity (Wildman–Crippen MR) is 112 cm³/mol. The third-order valence-corrected chi connectivity index (χ3v) is 3.26. The standard InChI is InChI=1S/C16H24BrFN4O2.HI/c1-16(2,3)24-15(23)21-8-7-20-14(19-4)22-10-11-9-12(17)5-6-13(11)18;/h5-6,9H,7-8,10H2,1-4H3,(H,21,23)(H2,19,20,22);1H. The van der Waals surface area contributed by atoms with Gasteiger partial charge in [0, 0.05) is 36.7 Å². The van der Waals surface area contributed by atoms with Crippen molar-refractivity contribution in [3.8, 4) is 0 Å². The Morgan fingerprint density at radius 2 is 1.88 bits per heavy atom. The van der Waals surface area contributed by atoms with Crippen LogP contribution in [0.2, 0.25) is 0 Å². The first-order valence-electron chi connectivity index (χ1n) is 7.56. The van der Waals surface area contributed by atoms with Crippen molar-refractivity contribution in [2.75, 3.05) is 20.1 Å². The minimum atomic E-state index is -0.525. The van der Waals surface area contributed by atoms with Crippen molar-refractivity contribution < 1.29 is 13.9 Å². The van der Waals surface area contributed by atoms with Gasteiger partial charge in [-0.05, 0) is 39.0 Å². The largest absolute Gasteiger partial charge is 0.444 e. The second-order valence-electron chi connectivity index (χ2n) is 6.02. The number of carbonyl (C=O) groups is 1. The third kappa shape index (κ3) is 10.5. The lowest BCUT2D eigenvalue weighted by Gasteiger charge is -2.20. The fourth-order valence-electron chi connectivity index (χ4n) is 1.74. The van der Waals surface area contributed by atoms with Gasteiger partial charge in [0.1, 0.15) is 11.4 Å². The topological polar surface area (TPSA) is 74.8 Å². The number of aliphatic imine (C=N–C) groups is 1. The smallest absolute Gasteiger partial charge is 0.407 e. The Balaban J connectivity index is 0.00000576. The highest BCUT2D eigenvalue weighted by atomic mass is 127. The number of halogens is 3. The number of amides is 1. The van der Waals surface area contributed by atoms with Gasteiger partial charge in [-0.1, -0.05) is 15.9 Å². The Morgan fingerprint density at radius 3 is 2.48 bits per heavy atom. The van der Waals surface area contributed by atoms with E-state index in [1.807, 2.05) is 0 Å². The van der Waals surface area contributed by atoms with Gasteiger partial charge < -0.3 is 20.7 Å². The fraction of sp³-hybridized carbons (Fsp3) is 0.500. The predicted octanol–water partition coefficient (Wildman–Crippen LogP) is 3.40. The molecular weight excluding hydrogens is 506 g/mol. The number of hydrogen-bond acceptors (Lipinski definition) is 3. The third-order valence-electron chi connectivity index (χ3n) is 2.76. The van der Waals surface area contributed by atoms with Crippen LogP contribution in [0.5, 0.6) is 0 Å². The van der Waals surface area contributed by atoms with Gasteiger partial charge in [-0.15, -0.1) is 24.0 Å². The van der Waals surface area contributed by atoms with E-state index in [9.17, 15) is 9.18 Å². The molecule has 0 aliphatic heterocycles. The molecular formula is C16H25BrFIN4O2. The Bertz CT molecular complexity index is 594. The molecule has 0 aliphatic rings. The van der Waals surface area contributed by atoms with Gasteiger partial charge in [0.2, 0.25) is 0 Å². The van der Waals surface area contributed by atoms with Gasteiger partial charge in [0.05, 0.1) is 0 Å². The van der Waals surface area contributed by atoms with E-state index in [0.717, 1.165) is 4.47 Å². The molecule has 0 radical (unpaired) electrons. The number of nitrogens with zero attached hydrogens (tertiary/aromatic N) is 1. The second kappa shape index (κ2) is 11.5. The lowest BCUT2D eigenvalue weighted by Crippen LogP contribution is -2.42. The van der Waals surface area contributed by atoms with Crippen LogP contribution in [-0.4, -0.2) is 37.8 Å². The number of hydrogen-bond donors (Lipinski definition) is 3. The molecule has 0 unspecified atom stereocenters. The summed E-state index contributed by atoms with van der Waals surface area (Å²) < 4.78 is 19.6. The van der Waals surface area contributed by atoms with E-state index in [1.54, 1.807) is 40.0 Å². The van der Waals surface area contributed by atoms with E-state index in [0.29, 0.717) is 31.2 Å². The number of guanidine groups is 1. The van der Waals surface area contributed by atoms with Crippen LogP contribution in [0.3, 0.4) is 0 Å². The SMILES string of the molecule is CN=C(NCCNC(=O)OC(C)(C)C)NCc1cc(Br)ccc1F.I. The summed E-state index contributed by atoms with van der Waals surface area (Å²) in [5.74, 6) is 0.230. The van der Waals surface area contributed by atoms with E-state index < -0.39 is 11.7 Å². The first-order chi connectivity index (χ1) is 11.2. The van der Waals surface area contributed by atoms with Crippen LogP contribution < -0.4 is 16.0 Å². The van der Waals surface area contributed by atoms with Gasteiger partial charge in [0.15, 0.2) is 5.96 Å². The molecule has 3 N–H and O–H groups in total. The van der Waals surface area contributed by atoms with Gasteiger partial charge in [-0.25, -0.2) is 9.18 Å². The average molecular weight is 531 g/mol. The zero-order valence-electron chi connectivity index (χ0n) is 14.8. The van der Waals surface area contributed by atoms with Crippen LogP contribution in [0.25, 0.3) is 0 Å². The molecule has 6 nitrogen and oxygen atoms in total. The summed E-state index contributed by atoms with van der Waals surface area (Å²) in [7, 11) is 1.62. The van der Waals surface area contributed by atoms with Gasteiger partial charge in [0.25, 0.3) is 0 Å². The van der Waals surface area contributed by atoms with Crippen molar-refractivity contribution in [2.24, 2.45) is 4.99 Å². The minimum absolute atomic E-state index is 0. The Morgan fingerprint density at radius 1 is 1.24 bits per heavy atom. The summed E-state index contributed by atoms with van der Waals surface area (Å²) in [6.07, 6.45) is -0.469. The Kier molecular flexibility index (Phi) is 11.0. The summed E-state index contributed by atoms with van der Waals surface area (Å²) in [6.45, 7) is 6.54. The maximum Gasteiger partial charge on any atom is 0.407 e. The van der Waals surface area contributed by atoms with Crippen LogP contribution >= 0.6 is 39.9 Å². The van der Waals surface area contributed by atoms with Crippen molar-refractivity contribution in [2.45, 2.75) is 32.9 Å². The molecule has 1 aromatic carbocycles. The van der Waals surface area contributed by atoms with Crippen LogP contribution in [0.15, 0.2) is 27.7 Å². The highest BCUT2D eigenvalue weighted by Crippen LogP contribution is 2.15. The monoisotopic (exact) mass is 530 g/mol. The first kappa shape index (κ1) is 23.9. The number of alkyl carbamates (subject to hydrolysis) is 1. The highest BCUT2D eigenvalue weighted by molar-refractivity contribution is 14.0. The molecule has 0 bridgehead atoms. The molecule has 1 aromatic rings. The second-order valence-corrected chi connectivity index (χ2v) is 6.93. The van der Waals surface area contributed by atoms with Crippen LogP contribution in [-0.2, 0) is 11.3 Å². The molecule has 0 heterocycles. The number of benzene rings is 1. The number of carbonyl (C=O) groups excluding carboxylic acids is 1. The summed E-state index contributed by atoms with van der Waals surface area (Å²) in [4.78, 5) is 15.5. The zero-order chi connectivity index (χ0) is 18.2. The van der Waals surface area contributed by atoms with E-state index in [-0.39, 0.29) is 29.8 Å². The Labute approximate surface area is 173 Å². The molecule has 142 valence electrons. The number of ether oxygens (including phenoxy) is 1. The molecule has 25 heavy (non-hydrogen) atoms. The van der Waals surface area contributed by atoms with Crippen LogP contribution in [0.1, 0.15) is 26.3 Å². The molecule has 0 aromatic heterocycles. The summed E-state index contributed by atoms with van der Waals surface area (Å²) in [5, 5.41) is 8.68. The van der Waals surface area contributed by atoms with E-state index >= 15 is 0 Å². The van der Waals surface area contributed by atoms with Crippen molar-refractivity contribution in [1.29, 1.82) is 0 Å². The van der Waals surface area contributed by atoms with E-state index in [4.69, 9.17) is 4.74 Å². The van der Waals surface area contributed by atoms with Gasteiger partial charge >= 0.3 is 6.09 Å². The summed E-state index contributed by atoms with van der Waals surface area (Å²) >= 11 is 3.31. The van der Waals surface area contributed by atoms with Gasteiger partial charge in [-0.2, -0.15) is 0 Å². The van der Waals surface area contributed by atoms with Crippen LogP contribution in [0.4, 0.5) is 9.18 Å². The van der Waals surface area contributed by atoms with Gasteiger partial charge in [-0.3, -0.25) is 4.99 Å². The maximum absolute atomic E-state index is 13.7. The highest BCUT2D eigenvalue weighted by Gasteiger charge is 2.15. The normalized spacial score (nSPS) is 11.4. The first-order valence-corrected chi connectivity index (χ1v) is 8.36. The van der Waals surface area contributed by atoms with Crippen molar-refractivity contribution in [1.82, 2.24) is 16.0 Å². The Hall–Kier alpha value is -1.10. The quantitative estimate of drug-likeness (QED) is 0.236. The lowest BCUT2D eigenvalue weighted by atomic mass is 10.2. The molecule has 1 rings (SSSR count). The number of rotatable bonds is 5. The molecule has 0 spiro atoms. The van der Waals surface area contributed by atoms with E-state index in [1.165, 1.54) is 6.07 Å². The molecule has 1 amide bonds. The minimum Gasteiger partial charge on any atom is -0.444 e. The molecule has 0 saturated heterocycles. The molecule has 9 heteroatoms. The van der Waals surface area contributed by atoms with Crippen molar-refractivity contribution in [3.05, 3.63) is 34.1 Å². The average Bonchev–Trinajstić information content (AvgIpc) is 2.48. The van der Waals surface area contributed by atoms with Crippen LogP contribution in [0, 0.1) is 5.82 Å². The summed E-state index contributed by atoms with van der Waals surface area (Å²) in [5.41, 5.74) is 0.00237. The maximum atomic E-state index is 13.7. The molecule has 0 fully saturated rings. The molecule has 0 saturated carbocycles. The molecule has 0 aliphatic carbocycles. The van der Waals surface area contributed by atoms with Crippen molar-refractivity contribution in [3.63, 3.8) is 0 Å². The van der Waals surface area contributed by atoms with Crippen molar-refractivity contribution >= 4 is 52.0 Å². The fourth-order valence-corrected chi connectivity index (χ4v) is 2.15. The molecule has 0 atom stereocenters. The van der Waals surface area contributed by atoms with E-state index in [2.05, 4.69) is 36.9 Å². The number of nitrogens with one attached hydrogen (secondary N) is 3. The lowest BCUT2D eigenvalue weighted by molar-refractivity contribution is 0.0529. The summed E-state index contributed by atoms with van der Waals surface area (Å²) in [6, 6.07) is 4.76.